The predicted octanol–water partition coefficient (Wildman–Crippen LogP) is 0.964. The van der Waals surface area contributed by atoms with Crippen LogP contribution in [0, 0.1) is 0 Å². The molecule has 2 N–H and O–H groups in total. The maximum absolute atomic E-state index is 10.3. The van der Waals surface area contributed by atoms with Gasteiger partial charge in [0.15, 0.2) is 0 Å². The minimum absolute atomic E-state index is 0.508. The van der Waals surface area contributed by atoms with Crippen molar-refractivity contribution in [2.24, 2.45) is 0 Å². The smallest absolute Gasteiger partial charge is 0.328 e. The Morgan fingerprint density at radius 1 is 1.31 bits per heavy atom. The summed E-state index contributed by atoms with van der Waals surface area (Å²) in [6.07, 6.45) is 2.60. The van der Waals surface area contributed by atoms with Crippen molar-refractivity contribution in [2.45, 2.75) is 0 Å². The molecule has 0 fully saturated rings. The predicted molar refractivity (Wildman–Crippen MR) is 56.3 cm³/mol. The van der Waals surface area contributed by atoms with E-state index in [0.29, 0.717) is 5.82 Å². The minimum atomic E-state index is -0.970. The van der Waals surface area contributed by atoms with E-state index in [-0.39, 0.29) is 0 Å². The van der Waals surface area contributed by atoms with Gasteiger partial charge in [0, 0.05) is 11.6 Å². The number of H-pyrrole nitrogens is 1. The zero-order valence-corrected chi connectivity index (χ0v) is 8.16. The van der Waals surface area contributed by atoms with Crippen LogP contribution in [0.2, 0.25) is 0 Å². The highest BCUT2D eigenvalue weighted by molar-refractivity contribution is 5.85. The number of aromatic nitrogens is 4. The molecule has 6 nitrogen and oxygen atoms in total. The van der Waals surface area contributed by atoms with Gasteiger partial charge in [0.05, 0.1) is 0 Å². The molecule has 1 aromatic heterocycles. The number of aromatic amines is 1. The van der Waals surface area contributed by atoms with Gasteiger partial charge in [0.25, 0.3) is 0 Å². The Labute approximate surface area is 90.6 Å². The Morgan fingerprint density at radius 2 is 2.06 bits per heavy atom. The molecule has 80 valence electrons. The van der Waals surface area contributed by atoms with Crippen LogP contribution in [-0.2, 0) is 4.79 Å². The molecule has 0 saturated heterocycles. The second-order valence-electron chi connectivity index (χ2n) is 3.03. The molecule has 0 unspecified atom stereocenters. The van der Waals surface area contributed by atoms with Crippen LogP contribution in [0.4, 0.5) is 0 Å². The molecule has 0 saturated carbocycles. The second-order valence-corrected chi connectivity index (χ2v) is 3.03. The highest BCUT2D eigenvalue weighted by Crippen LogP contribution is 2.14. The summed E-state index contributed by atoms with van der Waals surface area (Å²) in [5.74, 6) is -0.462. The fourth-order valence-corrected chi connectivity index (χ4v) is 1.19. The normalized spacial score (nSPS) is 10.8. The van der Waals surface area contributed by atoms with Crippen molar-refractivity contribution in [1.82, 2.24) is 20.6 Å². The summed E-state index contributed by atoms with van der Waals surface area (Å²) in [6, 6.07) is 7.16. The van der Waals surface area contributed by atoms with E-state index in [9.17, 15) is 4.79 Å². The average molecular weight is 216 g/mol. The number of benzene rings is 1. The van der Waals surface area contributed by atoms with E-state index >= 15 is 0 Å². The second kappa shape index (κ2) is 4.35. The largest absolute Gasteiger partial charge is 0.478 e. The number of hydrogen-bond donors (Lipinski definition) is 2. The Hall–Kier alpha value is -2.50. The van der Waals surface area contributed by atoms with Crippen LogP contribution in [0.1, 0.15) is 5.56 Å². The number of nitrogens with zero attached hydrogens (tertiary/aromatic N) is 3. The highest BCUT2D eigenvalue weighted by Gasteiger charge is 2.01. The van der Waals surface area contributed by atoms with E-state index in [4.69, 9.17) is 5.11 Å². The first-order valence-electron chi connectivity index (χ1n) is 4.50. The zero-order chi connectivity index (χ0) is 11.4. The van der Waals surface area contributed by atoms with Crippen LogP contribution in [0.15, 0.2) is 30.3 Å². The lowest BCUT2D eigenvalue weighted by atomic mass is 10.1. The number of carboxylic acid groups (broad SMARTS) is 1. The molecule has 2 rings (SSSR count). The maximum atomic E-state index is 10.3. The molecular weight excluding hydrogens is 208 g/mol. The topological polar surface area (TPSA) is 91.8 Å². The van der Waals surface area contributed by atoms with Crippen LogP contribution >= 0.6 is 0 Å². The number of rotatable bonds is 3. The van der Waals surface area contributed by atoms with Gasteiger partial charge in [0.2, 0.25) is 5.82 Å². The molecule has 2 aromatic rings. The van der Waals surface area contributed by atoms with Gasteiger partial charge in [-0.15, -0.1) is 10.2 Å². The molecule has 1 heterocycles. The Kier molecular flexibility index (Phi) is 2.73. The molecule has 1 aromatic carbocycles. The third-order valence-electron chi connectivity index (χ3n) is 1.93. The van der Waals surface area contributed by atoms with Crippen LogP contribution in [-0.4, -0.2) is 31.7 Å². The van der Waals surface area contributed by atoms with Gasteiger partial charge in [-0.1, -0.05) is 24.3 Å². The monoisotopic (exact) mass is 216 g/mol. The molecule has 0 aliphatic carbocycles. The highest BCUT2D eigenvalue weighted by atomic mass is 16.4. The van der Waals surface area contributed by atoms with Crippen LogP contribution in [0.5, 0.6) is 0 Å². The Bertz CT molecular complexity index is 502. The minimum Gasteiger partial charge on any atom is -0.478 e. The molecule has 0 aliphatic rings. The third-order valence-corrected chi connectivity index (χ3v) is 1.93. The van der Waals surface area contributed by atoms with Crippen molar-refractivity contribution >= 4 is 12.0 Å². The van der Waals surface area contributed by atoms with Crippen LogP contribution < -0.4 is 0 Å². The number of nitrogens with one attached hydrogen (secondary N) is 1. The molecule has 0 atom stereocenters. The fraction of sp³-hybridized carbons (Fsp3) is 0. The SMILES string of the molecule is O=C(O)C=Cc1ccc(-c2nn[nH]n2)cc1. The van der Waals surface area contributed by atoms with Crippen LogP contribution in [0.3, 0.4) is 0 Å². The summed E-state index contributed by atoms with van der Waals surface area (Å²) in [7, 11) is 0. The molecule has 0 amide bonds. The molecule has 0 radical (unpaired) electrons. The zero-order valence-electron chi connectivity index (χ0n) is 8.16. The van der Waals surface area contributed by atoms with Gasteiger partial charge in [-0.25, -0.2) is 4.79 Å². The molecule has 0 aliphatic heterocycles. The van der Waals surface area contributed by atoms with Gasteiger partial charge in [-0.2, -0.15) is 5.21 Å². The summed E-state index contributed by atoms with van der Waals surface area (Å²) >= 11 is 0. The Balaban J connectivity index is 2.20. The summed E-state index contributed by atoms with van der Waals surface area (Å²) in [6.45, 7) is 0. The van der Waals surface area contributed by atoms with Gasteiger partial charge in [-0.05, 0) is 16.9 Å². The molecule has 0 bridgehead atoms. The Morgan fingerprint density at radius 3 is 2.62 bits per heavy atom. The lowest BCUT2D eigenvalue weighted by Gasteiger charge is -1.95. The van der Waals surface area contributed by atoms with Gasteiger partial charge >= 0.3 is 5.97 Å². The molecular formula is C10H8N4O2. The lowest BCUT2D eigenvalue weighted by Crippen LogP contribution is -1.86. The standard InChI is InChI=1S/C10H8N4O2/c15-9(16)6-3-7-1-4-8(5-2-7)10-11-13-14-12-10/h1-6H,(H,15,16)(H,11,12,13,14). The van der Waals surface area contributed by atoms with Crippen molar-refractivity contribution in [3.05, 3.63) is 35.9 Å². The van der Waals surface area contributed by atoms with E-state index in [0.717, 1.165) is 17.2 Å². The first kappa shape index (κ1) is 10.0. The molecule has 16 heavy (non-hydrogen) atoms. The fourth-order valence-electron chi connectivity index (χ4n) is 1.19. The summed E-state index contributed by atoms with van der Waals surface area (Å²) in [4.78, 5) is 10.3. The van der Waals surface area contributed by atoms with Crippen molar-refractivity contribution < 1.29 is 9.90 Å². The van der Waals surface area contributed by atoms with E-state index in [2.05, 4.69) is 20.6 Å². The molecule has 0 spiro atoms. The van der Waals surface area contributed by atoms with E-state index in [1.165, 1.54) is 6.08 Å². The number of carbonyl (C=O) groups is 1. The van der Waals surface area contributed by atoms with E-state index < -0.39 is 5.97 Å². The van der Waals surface area contributed by atoms with Crippen molar-refractivity contribution in [3.63, 3.8) is 0 Å². The van der Waals surface area contributed by atoms with Crippen molar-refractivity contribution in [1.29, 1.82) is 0 Å². The van der Waals surface area contributed by atoms with Gasteiger partial charge < -0.3 is 5.11 Å². The maximum Gasteiger partial charge on any atom is 0.328 e. The lowest BCUT2D eigenvalue weighted by molar-refractivity contribution is -0.131. The van der Waals surface area contributed by atoms with E-state index in [1.54, 1.807) is 24.3 Å². The van der Waals surface area contributed by atoms with Crippen LogP contribution in [0.25, 0.3) is 17.5 Å². The first-order chi connectivity index (χ1) is 7.75. The van der Waals surface area contributed by atoms with Crippen molar-refractivity contribution in [3.8, 4) is 11.4 Å². The van der Waals surface area contributed by atoms with Gasteiger partial charge in [-0.3, -0.25) is 0 Å². The number of tetrazole rings is 1. The summed E-state index contributed by atoms with van der Waals surface area (Å²) in [5.41, 5.74) is 1.62. The quantitative estimate of drug-likeness (QED) is 0.745. The summed E-state index contributed by atoms with van der Waals surface area (Å²) in [5, 5.41) is 21.9. The number of hydrogen-bond acceptors (Lipinski definition) is 4. The number of carboxylic acids is 1. The van der Waals surface area contributed by atoms with Crippen molar-refractivity contribution in [2.75, 3.05) is 0 Å². The van der Waals surface area contributed by atoms with E-state index in [1.807, 2.05) is 0 Å². The molecule has 6 heteroatoms. The van der Waals surface area contributed by atoms with Gasteiger partial charge in [0.1, 0.15) is 0 Å². The third kappa shape index (κ3) is 2.30. The number of aliphatic carboxylic acids is 1. The first-order valence-corrected chi connectivity index (χ1v) is 4.50. The average Bonchev–Trinajstić information content (AvgIpc) is 2.80. The summed E-state index contributed by atoms with van der Waals surface area (Å²) < 4.78 is 0.